The van der Waals surface area contributed by atoms with Crippen LogP contribution in [-0.4, -0.2) is 51.8 Å². The average molecular weight is 344 g/mol. The van der Waals surface area contributed by atoms with E-state index in [9.17, 15) is 17.8 Å². The molecule has 2 aliphatic heterocycles. The molecule has 0 radical (unpaired) electrons. The van der Waals surface area contributed by atoms with Crippen LogP contribution in [0.2, 0.25) is 0 Å². The maximum Gasteiger partial charge on any atom is 0.254 e. The molecule has 2 heterocycles. The van der Waals surface area contributed by atoms with Crippen molar-refractivity contribution in [2.45, 2.75) is 18.4 Å². The summed E-state index contributed by atoms with van der Waals surface area (Å²) >= 11 is 0. The van der Waals surface area contributed by atoms with E-state index in [1.165, 1.54) is 6.07 Å². The van der Waals surface area contributed by atoms with Gasteiger partial charge in [0.1, 0.15) is 0 Å². The van der Waals surface area contributed by atoms with Crippen molar-refractivity contribution in [3.05, 3.63) is 35.4 Å². The molecule has 1 aromatic carbocycles. The van der Waals surface area contributed by atoms with Gasteiger partial charge in [-0.25, -0.2) is 13.0 Å². The number of benzene rings is 1. The summed E-state index contributed by atoms with van der Waals surface area (Å²) in [5.41, 5.74) is -0.477. The molecular formula is C15H18F2N2O3S. The summed E-state index contributed by atoms with van der Waals surface area (Å²) in [5, 5.41) is 0. The molecule has 3 rings (SSSR count). The highest BCUT2D eigenvalue weighted by molar-refractivity contribution is 7.92. The smallest absolute Gasteiger partial charge is 0.254 e. The SMILES string of the molecule is N=S1(=O)CCC2(CC1)CN(C(=O)c1ccc(F)c(F)c1)CCO2. The third kappa shape index (κ3) is 3.37. The fourth-order valence-electron chi connectivity index (χ4n) is 3.06. The minimum absolute atomic E-state index is 0.0982. The molecular weight excluding hydrogens is 326 g/mol. The van der Waals surface area contributed by atoms with Gasteiger partial charge in [-0.3, -0.25) is 9.57 Å². The quantitative estimate of drug-likeness (QED) is 0.847. The minimum Gasteiger partial charge on any atom is -0.371 e. The lowest BCUT2D eigenvalue weighted by Gasteiger charge is -2.45. The second-order valence-electron chi connectivity index (χ2n) is 6.11. The standard InChI is InChI=1S/C15H18F2N2O3S/c16-12-2-1-11(9-13(12)17)14(20)19-5-6-22-15(10-19)3-7-23(18,21)8-4-15/h1-2,9,18H,3-8,10H2. The molecule has 8 heteroatoms. The fraction of sp³-hybridized carbons (Fsp3) is 0.533. The fourth-order valence-corrected chi connectivity index (χ4v) is 4.67. The minimum atomic E-state index is -2.53. The van der Waals surface area contributed by atoms with Gasteiger partial charge in [0, 0.05) is 33.3 Å². The number of halogens is 2. The summed E-state index contributed by atoms with van der Waals surface area (Å²) in [5.74, 6) is -1.88. The third-order valence-corrected chi connectivity index (χ3v) is 6.20. The lowest BCUT2D eigenvalue weighted by Crippen LogP contribution is -2.56. The van der Waals surface area contributed by atoms with Crippen LogP contribution in [0.4, 0.5) is 8.78 Å². The molecule has 1 N–H and O–H groups in total. The number of carbonyl (C=O) groups excluding carboxylic acids is 1. The number of nitrogens with one attached hydrogen (secondary N) is 1. The largest absolute Gasteiger partial charge is 0.371 e. The molecule has 1 spiro atoms. The summed E-state index contributed by atoms with van der Waals surface area (Å²) in [6.07, 6.45) is 0.938. The van der Waals surface area contributed by atoms with Crippen LogP contribution in [0.5, 0.6) is 0 Å². The predicted molar refractivity (Wildman–Crippen MR) is 80.8 cm³/mol. The second kappa shape index (κ2) is 5.83. The van der Waals surface area contributed by atoms with E-state index in [-0.39, 0.29) is 23.0 Å². The van der Waals surface area contributed by atoms with Gasteiger partial charge in [-0.1, -0.05) is 0 Å². The molecule has 0 aliphatic carbocycles. The Kier molecular flexibility index (Phi) is 4.14. The molecule has 1 amide bonds. The Balaban J connectivity index is 1.75. The predicted octanol–water partition coefficient (Wildman–Crippen LogP) is 2.02. The van der Waals surface area contributed by atoms with E-state index < -0.39 is 27.0 Å². The molecule has 0 aromatic heterocycles. The molecule has 1 aromatic rings. The van der Waals surface area contributed by atoms with Crippen molar-refractivity contribution in [3.8, 4) is 0 Å². The Morgan fingerprint density at radius 3 is 2.61 bits per heavy atom. The van der Waals surface area contributed by atoms with Crippen molar-refractivity contribution in [1.29, 1.82) is 4.78 Å². The zero-order valence-corrected chi connectivity index (χ0v) is 13.3. The van der Waals surface area contributed by atoms with Gasteiger partial charge in [-0.2, -0.15) is 0 Å². The molecule has 0 unspecified atom stereocenters. The van der Waals surface area contributed by atoms with Gasteiger partial charge >= 0.3 is 0 Å². The number of rotatable bonds is 1. The molecule has 0 bridgehead atoms. The van der Waals surface area contributed by atoms with E-state index in [1.807, 2.05) is 0 Å². The number of carbonyl (C=O) groups is 1. The molecule has 2 saturated heterocycles. The zero-order valence-electron chi connectivity index (χ0n) is 12.5. The van der Waals surface area contributed by atoms with Gasteiger partial charge in [0.15, 0.2) is 11.6 Å². The Labute approximate surface area is 133 Å². The van der Waals surface area contributed by atoms with Crippen LogP contribution in [0.1, 0.15) is 23.2 Å². The van der Waals surface area contributed by atoms with Gasteiger partial charge in [0.25, 0.3) is 5.91 Å². The topological polar surface area (TPSA) is 70.5 Å². The van der Waals surface area contributed by atoms with Crippen LogP contribution in [0.15, 0.2) is 18.2 Å². The van der Waals surface area contributed by atoms with E-state index >= 15 is 0 Å². The van der Waals surface area contributed by atoms with Crippen molar-refractivity contribution < 1.29 is 22.5 Å². The number of hydrogen-bond acceptors (Lipinski definition) is 4. The van der Waals surface area contributed by atoms with Crippen molar-refractivity contribution in [2.75, 3.05) is 31.2 Å². The summed E-state index contributed by atoms with van der Waals surface area (Å²) in [6.45, 7) is 1.03. The van der Waals surface area contributed by atoms with Crippen LogP contribution in [-0.2, 0) is 14.5 Å². The zero-order chi connectivity index (χ0) is 16.7. The second-order valence-corrected chi connectivity index (χ2v) is 8.55. The molecule has 2 fully saturated rings. The summed E-state index contributed by atoms with van der Waals surface area (Å²) in [7, 11) is -2.53. The Bertz CT molecular complexity index is 722. The van der Waals surface area contributed by atoms with Crippen molar-refractivity contribution in [1.82, 2.24) is 4.90 Å². The van der Waals surface area contributed by atoms with E-state index in [0.717, 1.165) is 12.1 Å². The number of ether oxygens (including phenoxy) is 1. The van der Waals surface area contributed by atoms with Gasteiger partial charge < -0.3 is 9.64 Å². The van der Waals surface area contributed by atoms with Gasteiger partial charge in [0.05, 0.1) is 18.8 Å². The first-order valence-corrected chi connectivity index (χ1v) is 9.32. The van der Waals surface area contributed by atoms with E-state index in [0.29, 0.717) is 32.5 Å². The number of hydrogen-bond donors (Lipinski definition) is 1. The number of amides is 1. The first kappa shape index (κ1) is 16.3. The maximum atomic E-state index is 13.3. The van der Waals surface area contributed by atoms with Crippen LogP contribution in [0.25, 0.3) is 0 Å². The Morgan fingerprint density at radius 1 is 1.26 bits per heavy atom. The lowest BCUT2D eigenvalue weighted by atomic mass is 9.94. The molecule has 2 aliphatic rings. The molecule has 0 atom stereocenters. The van der Waals surface area contributed by atoms with E-state index in [4.69, 9.17) is 9.52 Å². The lowest BCUT2D eigenvalue weighted by molar-refractivity contribution is -0.104. The first-order valence-electron chi connectivity index (χ1n) is 7.43. The van der Waals surface area contributed by atoms with Gasteiger partial charge in [-0.05, 0) is 31.0 Å². The highest BCUT2D eigenvalue weighted by Gasteiger charge is 2.42. The molecule has 23 heavy (non-hydrogen) atoms. The summed E-state index contributed by atoms with van der Waals surface area (Å²) in [6, 6.07) is 3.10. The van der Waals surface area contributed by atoms with Crippen LogP contribution < -0.4 is 0 Å². The highest BCUT2D eigenvalue weighted by atomic mass is 32.2. The maximum absolute atomic E-state index is 13.3. The van der Waals surface area contributed by atoms with Gasteiger partial charge in [-0.15, -0.1) is 0 Å². The Hall–Kier alpha value is -1.54. The van der Waals surface area contributed by atoms with Crippen LogP contribution >= 0.6 is 0 Å². The van der Waals surface area contributed by atoms with Crippen molar-refractivity contribution in [3.63, 3.8) is 0 Å². The summed E-state index contributed by atoms with van der Waals surface area (Å²) in [4.78, 5) is 14.1. The highest BCUT2D eigenvalue weighted by Crippen LogP contribution is 2.32. The normalized spacial score (nSPS) is 31.3. The Morgan fingerprint density at radius 2 is 1.96 bits per heavy atom. The number of nitrogens with zero attached hydrogens (tertiary/aromatic N) is 1. The van der Waals surface area contributed by atoms with E-state index in [2.05, 4.69) is 0 Å². The van der Waals surface area contributed by atoms with Crippen LogP contribution in [0.3, 0.4) is 0 Å². The average Bonchev–Trinajstić information content (AvgIpc) is 2.53. The third-order valence-electron chi connectivity index (χ3n) is 4.48. The van der Waals surface area contributed by atoms with Crippen molar-refractivity contribution >= 4 is 15.6 Å². The molecule has 126 valence electrons. The molecule has 5 nitrogen and oxygen atoms in total. The van der Waals surface area contributed by atoms with Gasteiger partial charge in [0.2, 0.25) is 0 Å². The first-order chi connectivity index (χ1) is 10.8. The van der Waals surface area contributed by atoms with Crippen LogP contribution in [0, 0.1) is 16.4 Å². The summed E-state index contributed by atoms with van der Waals surface area (Å²) < 4.78 is 51.6. The van der Waals surface area contributed by atoms with E-state index in [1.54, 1.807) is 4.90 Å². The number of morpholine rings is 1. The molecule has 0 saturated carbocycles. The van der Waals surface area contributed by atoms with Crippen molar-refractivity contribution in [2.24, 2.45) is 0 Å². The monoisotopic (exact) mass is 344 g/mol.